The molecule has 1 aromatic carbocycles. The smallest absolute Gasteiger partial charge is 0.345 e. The Hall–Kier alpha value is -2.45. The van der Waals surface area contributed by atoms with E-state index >= 15 is 0 Å². The fourth-order valence-electron chi connectivity index (χ4n) is 2.41. The van der Waals surface area contributed by atoms with E-state index in [-0.39, 0.29) is 5.56 Å². The summed E-state index contributed by atoms with van der Waals surface area (Å²) in [5.74, 6) is -2.74. The van der Waals surface area contributed by atoms with Crippen LogP contribution >= 0.6 is 0 Å². The first kappa shape index (κ1) is 18.9. The summed E-state index contributed by atoms with van der Waals surface area (Å²) in [5, 5.41) is 5.91. The van der Waals surface area contributed by atoms with Gasteiger partial charge in [-0.05, 0) is 26.8 Å². The van der Waals surface area contributed by atoms with E-state index in [9.17, 15) is 26.7 Å². The molecule has 0 radical (unpaired) electrons. The summed E-state index contributed by atoms with van der Waals surface area (Å²) in [6, 6.07) is 1.19. The molecule has 0 aliphatic rings. The van der Waals surface area contributed by atoms with Gasteiger partial charge in [0.05, 0.1) is 17.8 Å². The molecule has 136 valence electrons. The Labute approximate surface area is 140 Å². The highest BCUT2D eigenvalue weighted by Crippen LogP contribution is 2.33. The molecule has 0 aliphatic carbocycles. The Morgan fingerprint density at radius 1 is 1.20 bits per heavy atom. The van der Waals surface area contributed by atoms with Crippen molar-refractivity contribution in [1.82, 2.24) is 15.1 Å². The van der Waals surface area contributed by atoms with Crippen LogP contribution in [0.15, 0.2) is 24.4 Å². The van der Waals surface area contributed by atoms with Crippen LogP contribution in [0.3, 0.4) is 0 Å². The third-order valence-corrected chi connectivity index (χ3v) is 3.57. The first-order valence-corrected chi connectivity index (χ1v) is 7.43. The van der Waals surface area contributed by atoms with Crippen LogP contribution in [0.1, 0.15) is 54.5 Å². The molecule has 1 heterocycles. The Bertz CT molecular complexity index is 783. The molecule has 0 spiro atoms. The lowest BCUT2D eigenvalue weighted by atomic mass is 10.1. The molecule has 4 nitrogen and oxygen atoms in total. The van der Waals surface area contributed by atoms with E-state index in [1.54, 1.807) is 0 Å². The normalized spacial score (nSPS) is 13.2. The molecule has 25 heavy (non-hydrogen) atoms. The summed E-state index contributed by atoms with van der Waals surface area (Å²) in [6.07, 6.45) is -3.95. The number of amides is 1. The monoisotopic (exact) mass is 361 g/mol. The van der Waals surface area contributed by atoms with Crippen molar-refractivity contribution in [2.75, 3.05) is 0 Å². The van der Waals surface area contributed by atoms with Gasteiger partial charge in [0, 0.05) is 17.7 Å². The summed E-state index contributed by atoms with van der Waals surface area (Å²) in [7, 11) is 0. The Balaban J connectivity index is 2.32. The maximum atomic E-state index is 13.7. The maximum absolute atomic E-state index is 13.7. The number of carbonyl (C=O) groups is 1. The van der Waals surface area contributed by atoms with Crippen molar-refractivity contribution in [2.45, 2.75) is 39.0 Å². The van der Waals surface area contributed by atoms with E-state index < -0.39 is 47.1 Å². The molecule has 2 rings (SSSR count). The molecule has 1 N–H and O–H groups in total. The lowest BCUT2D eigenvalue weighted by molar-refractivity contribution is -0.145. The van der Waals surface area contributed by atoms with E-state index in [1.807, 2.05) is 0 Å². The minimum atomic E-state index is -4.78. The molecular weight excluding hydrogens is 345 g/mol. The van der Waals surface area contributed by atoms with E-state index in [1.165, 1.54) is 20.8 Å². The number of aromatic nitrogens is 2. The van der Waals surface area contributed by atoms with Gasteiger partial charge in [-0.3, -0.25) is 9.48 Å². The Kier molecular flexibility index (Phi) is 5.15. The fraction of sp³-hybridized carbons (Fsp3) is 0.375. The highest BCUT2D eigenvalue weighted by molar-refractivity contribution is 5.95. The van der Waals surface area contributed by atoms with Crippen LogP contribution in [0, 0.1) is 11.6 Å². The van der Waals surface area contributed by atoms with Crippen molar-refractivity contribution >= 4 is 5.91 Å². The molecule has 0 bridgehead atoms. The average Bonchev–Trinajstić information content (AvgIpc) is 2.92. The first-order chi connectivity index (χ1) is 11.5. The van der Waals surface area contributed by atoms with Crippen LogP contribution in [0.2, 0.25) is 0 Å². The number of benzene rings is 1. The molecule has 9 heteroatoms. The first-order valence-electron chi connectivity index (χ1n) is 7.43. The van der Waals surface area contributed by atoms with Crippen molar-refractivity contribution in [3.8, 4) is 0 Å². The zero-order valence-electron chi connectivity index (χ0n) is 13.7. The number of hydrogen-bond acceptors (Lipinski definition) is 2. The standard InChI is InChI=1S/C16H16F5N3O/c1-8(2)24-14(16(19,20)21)12(7-22-24)15(25)23-9(3)11-5-4-10(17)6-13(11)18/h4-9H,1-3H3,(H,23,25). The lowest BCUT2D eigenvalue weighted by Crippen LogP contribution is -2.29. The van der Waals surface area contributed by atoms with Crippen molar-refractivity contribution in [3.63, 3.8) is 0 Å². The number of carbonyl (C=O) groups excluding carboxylic acids is 1. The molecule has 2 aromatic rings. The van der Waals surface area contributed by atoms with Gasteiger partial charge in [0.2, 0.25) is 0 Å². The summed E-state index contributed by atoms with van der Waals surface area (Å²) < 4.78 is 67.3. The van der Waals surface area contributed by atoms with E-state index in [4.69, 9.17) is 0 Å². The van der Waals surface area contributed by atoms with Gasteiger partial charge < -0.3 is 5.32 Å². The molecular formula is C16H16F5N3O. The number of alkyl halides is 3. The van der Waals surface area contributed by atoms with Crippen molar-refractivity contribution in [3.05, 3.63) is 52.9 Å². The van der Waals surface area contributed by atoms with Gasteiger partial charge in [-0.15, -0.1) is 0 Å². The summed E-state index contributed by atoms with van der Waals surface area (Å²) in [6.45, 7) is 4.38. The van der Waals surface area contributed by atoms with Crippen LogP contribution < -0.4 is 5.32 Å². The maximum Gasteiger partial charge on any atom is 0.433 e. The predicted octanol–water partition coefficient (Wildman–Crippen LogP) is 4.25. The second-order valence-electron chi connectivity index (χ2n) is 5.80. The van der Waals surface area contributed by atoms with Crippen molar-refractivity contribution in [2.24, 2.45) is 0 Å². The number of halogens is 5. The lowest BCUT2D eigenvalue weighted by Gasteiger charge is -2.17. The number of rotatable bonds is 4. The van der Waals surface area contributed by atoms with Gasteiger partial charge in [0.25, 0.3) is 5.91 Å². The van der Waals surface area contributed by atoms with Gasteiger partial charge in [-0.25, -0.2) is 8.78 Å². The average molecular weight is 361 g/mol. The molecule has 1 unspecified atom stereocenters. The van der Waals surface area contributed by atoms with Gasteiger partial charge in [0.1, 0.15) is 11.6 Å². The number of nitrogens with one attached hydrogen (secondary N) is 1. The van der Waals surface area contributed by atoms with Crippen LogP contribution in [-0.2, 0) is 6.18 Å². The topological polar surface area (TPSA) is 46.9 Å². The second kappa shape index (κ2) is 6.81. The third-order valence-electron chi connectivity index (χ3n) is 3.57. The van der Waals surface area contributed by atoms with Crippen LogP contribution in [-0.4, -0.2) is 15.7 Å². The van der Waals surface area contributed by atoms with Gasteiger partial charge in [-0.1, -0.05) is 6.07 Å². The zero-order chi connectivity index (χ0) is 18.9. The SMILES string of the molecule is CC(NC(=O)c1cnn(C(C)C)c1C(F)(F)F)c1ccc(F)cc1F. The quantitative estimate of drug-likeness (QED) is 0.828. The highest BCUT2D eigenvalue weighted by Gasteiger charge is 2.40. The summed E-state index contributed by atoms with van der Waals surface area (Å²) in [5.41, 5.74) is -1.87. The van der Waals surface area contributed by atoms with Crippen LogP contribution in [0.5, 0.6) is 0 Å². The highest BCUT2D eigenvalue weighted by atomic mass is 19.4. The number of hydrogen-bond donors (Lipinski definition) is 1. The molecule has 1 atom stereocenters. The molecule has 1 aromatic heterocycles. The molecule has 0 saturated carbocycles. The molecule has 1 amide bonds. The third kappa shape index (κ3) is 3.97. The van der Waals surface area contributed by atoms with E-state index in [0.717, 1.165) is 18.3 Å². The largest absolute Gasteiger partial charge is 0.433 e. The van der Waals surface area contributed by atoms with Gasteiger partial charge >= 0.3 is 6.18 Å². The van der Waals surface area contributed by atoms with E-state index in [0.29, 0.717) is 10.7 Å². The minimum absolute atomic E-state index is 0.0421. The van der Waals surface area contributed by atoms with Gasteiger partial charge in [-0.2, -0.15) is 18.3 Å². The predicted molar refractivity (Wildman–Crippen MR) is 79.9 cm³/mol. The summed E-state index contributed by atoms with van der Waals surface area (Å²) in [4.78, 5) is 12.2. The van der Waals surface area contributed by atoms with Crippen molar-refractivity contribution < 1.29 is 26.7 Å². The van der Waals surface area contributed by atoms with Crippen LogP contribution in [0.4, 0.5) is 22.0 Å². The Morgan fingerprint density at radius 2 is 1.84 bits per heavy atom. The van der Waals surface area contributed by atoms with E-state index in [2.05, 4.69) is 10.4 Å². The zero-order valence-corrected chi connectivity index (χ0v) is 13.7. The fourth-order valence-corrected chi connectivity index (χ4v) is 2.41. The molecule has 0 aliphatic heterocycles. The van der Waals surface area contributed by atoms with Crippen molar-refractivity contribution in [1.29, 1.82) is 0 Å². The minimum Gasteiger partial charge on any atom is -0.345 e. The number of nitrogens with zero attached hydrogens (tertiary/aromatic N) is 2. The van der Waals surface area contributed by atoms with Crippen LogP contribution in [0.25, 0.3) is 0 Å². The Morgan fingerprint density at radius 3 is 2.36 bits per heavy atom. The summed E-state index contributed by atoms with van der Waals surface area (Å²) >= 11 is 0. The molecule has 0 fully saturated rings. The second-order valence-corrected chi connectivity index (χ2v) is 5.80. The molecule has 0 saturated heterocycles. The van der Waals surface area contributed by atoms with Gasteiger partial charge in [0.15, 0.2) is 5.69 Å².